The van der Waals surface area contributed by atoms with Gasteiger partial charge in [0, 0.05) is 16.5 Å². The number of primary amides is 1. The van der Waals surface area contributed by atoms with Gasteiger partial charge in [-0.15, -0.1) is 11.3 Å². The lowest BCUT2D eigenvalue weighted by Gasteiger charge is -2.14. The first-order valence-corrected chi connectivity index (χ1v) is 7.18. The van der Waals surface area contributed by atoms with Gasteiger partial charge in [-0.3, -0.25) is 4.79 Å². The summed E-state index contributed by atoms with van der Waals surface area (Å²) in [5, 5.41) is 5.31. The molecule has 0 atom stereocenters. The largest absolute Gasteiger partial charge is 0.398 e. The molecule has 1 aromatic heterocycles. The van der Waals surface area contributed by atoms with Crippen molar-refractivity contribution in [2.24, 2.45) is 5.73 Å². The highest BCUT2D eigenvalue weighted by Crippen LogP contribution is 2.30. The summed E-state index contributed by atoms with van der Waals surface area (Å²) in [5.74, 6) is -1.27. The molecule has 5 N–H and O–H groups in total. The Morgan fingerprint density at radius 1 is 1.38 bits per heavy atom. The Morgan fingerprint density at radius 3 is 2.57 bits per heavy atom. The van der Waals surface area contributed by atoms with Crippen LogP contribution in [0.1, 0.15) is 36.8 Å². The van der Waals surface area contributed by atoms with E-state index < -0.39 is 11.7 Å². The van der Waals surface area contributed by atoms with Gasteiger partial charge in [0.15, 0.2) is 5.13 Å². The molecule has 2 rings (SSSR count). The van der Waals surface area contributed by atoms with Crippen LogP contribution in [-0.4, -0.2) is 10.9 Å². The molecule has 1 aromatic carbocycles. The number of nitrogens with two attached hydrogens (primary N) is 2. The van der Waals surface area contributed by atoms with Crippen LogP contribution in [0, 0.1) is 5.82 Å². The second-order valence-corrected chi connectivity index (χ2v) is 6.55. The first-order valence-electron chi connectivity index (χ1n) is 6.30. The quantitative estimate of drug-likeness (QED) is 0.760. The fraction of sp³-hybridized carbons (Fsp3) is 0.286. The van der Waals surface area contributed by atoms with Crippen molar-refractivity contribution in [2.45, 2.75) is 26.2 Å². The van der Waals surface area contributed by atoms with E-state index in [-0.39, 0.29) is 22.4 Å². The van der Waals surface area contributed by atoms with E-state index in [1.807, 2.05) is 26.2 Å². The zero-order valence-electron chi connectivity index (χ0n) is 12.0. The maximum absolute atomic E-state index is 13.9. The Hall–Kier alpha value is -2.15. The zero-order valence-corrected chi connectivity index (χ0v) is 12.8. The molecule has 1 heterocycles. The number of hydrogen-bond acceptors (Lipinski definition) is 5. The summed E-state index contributed by atoms with van der Waals surface area (Å²) >= 11 is 1.36. The number of nitrogens with zero attached hydrogens (tertiary/aromatic N) is 1. The molecule has 21 heavy (non-hydrogen) atoms. The van der Waals surface area contributed by atoms with Crippen molar-refractivity contribution in [1.29, 1.82) is 0 Å². The van der Waals surface area contributed by atoms with E-state index in [1.54, 1.807) is 0 Å². The average Bonchev–Trinajstić information content (AvgIpc) is 2.80. The molecule has 7 heteroatoms. The summed E-state index contributed by atoms with van der Waals surface area (Å²) in [6.07, 6.45) is 0. The summed E-state index contributed by atoms with van der Waals surface area (Å²) in [5.41, 5.74) is 11.8. The molecule has 1 amide bonds. The van der Waals surface area contributed by atoms with Crippen LogP contribution in [0.25, 0.3) is 0 Å². The number of amides is 1. The van der Waals surface area contributed by atoms with Gasteiger partial charge in [0.25, 0.3) is 5.91 Å². The lowest BCUT2D eigenvalue weighted by Crippen LogP contribution is -2.14. The molecule has 2 aromatic rings. The van der Waals surface area contributed by atoms with Gasteiger partial charge >= 0.3 is 0 Å². The van der Waals surface area contributed by atoms with Crippen LogP contribution in [0.3, 0.4) is 0 Å². The maximum atomic E-state index is 13.9. The number of aromatic nitrogens is 1. The van der Waals surface area contributed by atoms with Crippen LogP contribution >= 0.6 is 11.3 Å². The molecule has 0 radical (unpaired) electrons. The van der Waals surface area contributed by atoms with Gasteiger partial charge in [0.1, 0.15) is 5.82 Å². The van der Waals surface area contributed by atoms with E-state index in [0.717, 1.165) is 11.8 Å². The fourth-order valence-corrected chi connectivity index (χ4v) is 2.64. The molecule has 112 valence electrons. The highest BCUT2D eigenvalue weighted by Gasteiger charge is 2.18. The standard InChI is InChI=1S/C14H17FN4OS/c1-14(2,3)11-6-21-13(19-11)18-10-4-7(12(17)20)9(16)5-8(10)15/h4-6H,16H2,1-3H3,(H2,17,20)(H,18,19). The summed E-state index contributed by atoms with van der Waals surface area (Å²) < 4.78 is 13.9. The number of rotatable bonds is 3. The Labute approximate surface area is 126 Å². The molecule has 0 unspecified atom stereocenters. The Morgan fingerprint density at radius 2 is 2.05 bits per heavy atom. The van der Waals surface area contributed by atoms with Crippen LogP contribution in [-0.2, 0) is 5.41 Å². The first kappa shape index (κ1) is 15.2. The highest BCUT2D eigenvalue weighted by molar-refractivity contribution is 7.13. The van der Waals surface area contributed by atoms with E-state index >= 15 is 0 Å². The van der Waals surface area contributed by atoms with Crippen LogP contribution in [0.5, 0.6) is 0 Å². The molecule has 0 spiro atoms. The third-order valence-corrected chi connectivity index (χ3v) is 3.68. The van der Waals surface area contributed by atoms with Crippen molar-refractivity contribution in [3.63, 3.8) is 0 Å². The minimum Gasteiger partial charge on any atom is -0.398 e. The average molecular weight is 308 g/mol. The lowest BCUT2D eigenvalue weighted by molar-refractivity contribution is 0.100. The first-order chi connectivity index (χ1) is 9.68. The molecule has 0 aliphatic carbocycles. The smallest absolute Gasteiger partial charge is 0.250 e. The van der Waals surface area contributed by atoms with Gasteiger partial charge in [-0.25, -0.2) is 9.37 Å². The number of halogens is 1. The molecule has 0 bridgehead atoms. The topological polar surface area (TPSA) is 94.0 Å². The maximum Gasteiger partial charge on any atom is 0.250 e. The Bertz CT molecular complexity index is 691. The van der Waals surface area contributed by atoms with Gasteiger partial charge in [-0.05, 0) is 12.1 Å². The number of nitrogen functional groups attached to an aromatic ring is 1. The predicted octanol–water partition coefficient (Wildman–Crippen LogP) is 3.00. The Balaban J connectivity index is 2.33. The number of nitrogens with one attached hydrogen (secondary N) is 1. The second-order valence-electron chi connectivity index (χ2n) is 5.70. The van der Waals surface area contributed by atoms with E-state index in [9.17, 15) is 9.18 Å². The second kappa shape index (κ2) is 5.33. The van der Waals surface area contributed by atoms with Crippen molar-refractivity contribution in [1.82, 2.24) is 4.98 Å². The summed E-state index contributed by atoms with van der Waals surface area (Å²) in [6.45, 7) is 6.13. The third kappa shape index (κ3) is 3.30. The molecule has 5 nitrogen and oxygen atoms in total. The van der Waals surface area contributed by atoms with E-state index in [2.05, 4.69) is 10.3 Å². The van der Waals surface area contributed by atoms with Gasteiger partial charge in [-0.2, -0.15) is 0 Å². The minimum absolute atomic E-state index is 0.0140. The number of hydrogen-bond donors (Lipinski definition) is 3. The van der Waals surface area contributed by atoms with Crippen molar-refractivity contribution >= 4 is 33.8 Å². The number of carbonyl (C=O) groups excluding carboxylic acids is 1. The molecular weight excluding hydrogens is 291 g/mol. The molecular formula is C14H17FN4OS. The lowest BCUT2D eigenvalue weighted by atomic mass is 9.93. The predicted molar refractivity (Wildman–Crippen MR) is 83.4 cm³/mol. The highest BCUT2D eigenvalue weighted by atomic mass is 32.1. The van der Waals surface area contributed by atoms with Crippen LogP contribution < -0.4 is 16.8 Å². The summed E-state index contributed by atoms with van der Waals surface area (Å²) in [4.78, 5) is 15.7. The van der Waals surface area contributed by atoms with Crippen molar-refractivity contribution in [3.05, 3.63) is 34.6 Å². The van der Waals surface area contributed by atoms with Crippen LogP contribution in [0.2, 0.25) is 0 Å². The zero-order chi connectivity index (χ0) is 15.8. The SMILES string of the molecule is CC(C)(C)c1csc(Nc2cc(C(N)=O)c(N)cc2F)n1. The van der Waals surface area contributed by atoms with Crippen LogP contribution in [0.4, 0.5) is 20.9 Å². The summed E-state index contributed by atoms with van der Waals surface area (Å²) in [7, 11) is 0. The molecule has 0 aliphatic rings. The van der Waals surface area contributed by atoms with Crippen molar-refractivity contribution in [2.75, 3.05) is 11.1 Å². The van der Waals surface area contributed by atoms with Gasteiger partial charge in [0.05, 0.1) is 16.9 Å². The molecule has 0 saturated carbocycles. The van der Waals surface area contributed by atoms with E-state index in [1.165, 1.54) is 17.4 Å². The molecule has 0 saturated heterocycles. The number of thiazole rings is 1. The van der Waals surface area contributed by atoms with Gasteiger partial charge in [0.2, 0.25) is 0 Å². The number of benzene rings is 1. The minimum atomic E-state index is -0.704. The van der Waals surface area contributed by atoms with Crippen molar-refractivity contribution < 1.29 is 9.18 Å². The third-order valence-electron chi connectivity index (χ3n) is 2.92. The monoisotopic (exact) mass is 308 g/mol. The number of anilines is 3. The Kier molecular flexibility index (Phi) is 3.87. The van der Waals surface area contributed by atoms with Gasteiger partial charge < -0.3 is 16.8 Å². The van der Waals surface area contributed by atoms with Gasteiger partial charge in [-0.1, -0.05) is 20.8 Å². The van der Waals surface area contributed by atoms with E-state index in [4.69, 9.17) is 11.5 Å². The summed E-state index contributed by atoms with van der Waals surface area (Å²) in [6, 6.07) is 2.37. The normalized spacial score (nSPS) is 11.4. The van der Waals surface area contributed by atoms with E-state index in [0.29, 0.717) is 5.13 Å². The molecule has 0 fully saturated rings. The number of carbonyl (C=O) groups is 1. The molecule has 0 aliphatic heterocycles. The fourth-order valence-electron chi connectivity index (χ4n) is 1.69. The van der Waals surface area contributed by atoms with Crippen molar-refractivity contribution in [3.8, 4) is 0 Å². The van der Waals surface area contributed by atoms with Crippen LogP contribution in [0.15, 0.2) is 17.5 Å².